The van der Waals surface area contributed by atoms with E-state index in [0.717, 1.165) is 16.5 Å². The lowest BCUT2D eigenvalue weighted by Gasteiger charge is -2.03. The van der Waals surface area contributed by atoms with E-state index in [9.17, 15) is 4.79 Å². The second-order valence-electron chi connectivity index (χ2n) is 4.11. The van der Waals surface area contributed by atoms with Crippen LogP contribution in [0.1, 0.15) is 15.9 Å². The van der Waals surface area contributed by atoms with Crippen LogP contribution >= 0.6 is 0 Å². The Morgan fingerprint density at radius 3 is 2.89 bits per heavy atom. The van der Waals surface area contributed by atoms with Gasteiger partial charge >= 0.3 is 0 Å². The summed E-state index contributed by atoms with van der Waals surface area (Å²) in [6, 6.07) is 11.2. The fourth-order valence-corrected chi connectivity index (χ4v) is 2.01. The SMILES string of the molecule is O=C(Cc1ccoc1)c1ccnc2ccccc12. The van der Waals surface area contributed by atoms with Crippen LogP contribution in [0.15, 0.2) is 59.5 Å². The van der Waals surface area contributed by atoms with Crippen LogP contribution in [0.25, 0.3) is 10.9 Å². The molecule has 3 nitrogen and oxygen atoms in total. The molecule has 1 aromatic carbocycles. The van der Waals surface area contributed by atoms with E-state index in [-0.39, 0.29) is 5.78 Å². The third kappa shape index (κ3) is 1.91. The first-order valence-electron chi connectivity index (χ1n) is 5.72. The molecule has 0 saturated carbocycles. The second-order valence-corrected chi connectivity index (χ2v) is 4.11. The molecular formula is C15H11NO2. The van der Waals surface area contributed by atoms with Gasteiger partial charge < -0.3 is 4.42 Å². The smallest absolute Gasteiger partial charge is 0.168 e. The number of aromatic nitrogens is 1. The summed E-state index contributed by atoms with van der Waals surface area (Å²) in [5, 5.41) is 0.897. The Bertz CT molecular complexity index is 681. The molecule has 0 radical (unpaired) electrons. The molecule has 0 N–H and O–H groups in total. The molecular weight excluding hydrogens is 226 g/mol. The lowest BCUT2D eigenvalue weighted by Crippen LogP contribution is -2.04. The highest BCUT2D eigenvalue weighted by molar-refractivity contribution is 6.07. The lowest BCUT2D eigenvalue weighted by atomic mass is 10.0. The van der Waals surface area contributed by atoms with Crippen molar-refractivity contribution in [1.29, 1.82) is 0 Å². The summed E-state index contributed by atoms with van der Waals surface area (Å²) in [4.78, 5) is 16.5. The van der Waals surface area contributed by atoms with E-state index >= 15 is 0 Å². The molecule has 3 rings (SSSR count). The van der Waals surface area contributed by atoms with Gasteiger partial charge in [-0.25, -0.2) is 0 Å². The first kappa shape index (κ1) is 10.7. The minimum atomic E-state index is 0.0787. The van der Waals surface area contributed by atoms with Crippen LogP contribution in [0, 0.1) is 0 Å². The van der Waals surface area contributed by atoms with E-state index in [2.05, 4.69) is 4.98 Å². The summed E-state index contributed by atoms with van der Waals surface area (Å²) in [6.45, 7) is 0. The number of ketones is 1. The normalized spacial score (nSPS) is 10.7. The number of hydrogen-bond donors (Lipinski definition) is 0. The summed E-state index contributed by atoms with van der Waals surface area (Å²) < 4.78 is 4.97. The van der Waals surface area contributed by atoms with Gasteiger partial charge in [0.05, 0.1) is 18.0 Å². The Morgan fingerprint density at radius 2 is 2.06 bits per heavy atom. The summed E-state index contributed by atoms with van der Waals surface area (Å²) in [5.74, 6) is 0.0787. The number of fused-ring (bicyclic) bond motifs is 1. The van der Waals surface area contributed by atoms with Crippen molar-refractivity contribution < 1.29 is 9.21 Å². The predicted octanol–water partition coefficient (Wildman–Crippen LogP) is 3.25. The highest BCUT2D eigenvalue weighted by atomic mass is 16.3. The number of pyridine rings is 1. The molecule has 0 atom stereocenters. The Morgan fingerprint density at radius 1 is 1.17 bits per heavy atom. The molecule has 0 aliphatic heterocycles. The van der Waals surface area contributed by atoms with Gasteiger partial charge in [-0.15, -0.1) is 0 Å². The number of rotatable bonds is 3. The number of carbonyl (C=O) groups is 1. The number of furan rings is 1. The zero-order chi connectivity index (χ0) is 12.4. The van der Waals surface area contributed by atoms with Crippen LogP contribution in [0.3, 0.4) is 0 Å². The van der Waals surface area contributed by atoms with Crippen LogP contribution in [-0.4, -0.2) is 10.8 Å². The van der Waals surface area contributed by atoms with Gasteiger partial charge in [0.15, 0.2) is 5.78 Å². The fraction of sp³-hybridized carbons (Fsp3) is 0.0667. The largest absolute Gasteiger partial charge is 0.472 e. The maximum atomic E-state index is 12.3. The first-order chi connectivity index (χ1) is 8.84. The quantitative estimate of drug-likeness (QED) is 0.657. The van der Waals surface area contributed by atoms with Gasteiger partial charge in [0.2, 0.25) is 0 Å². The Kier molecular flexibility index (Phi) is 2.65. The maximum absolute atomic E-state index is 12.3. The fourth-order valence-electron chi connectivity index (χ4n) is 2.01. The number of hydrogen-bond acceptors (Lipinski definition) is 3. The third-order valence-electron chi connectivity index (χ3n) is 2.89. The summed E-state index contributed by atoms with van der Waals surface area (Å²) in [6.07, 6.45) is 5.20. The third-order valence-corrected chi connectivity index (χ3v) is 2.89. The minimum absolute atomic E-state index is 0.0787. The summed E-state index contributed by atoms with van der Waals surface area (Å²) in [5.41, 5.74) is 2.44. The van der Waals surface area contributed by atoms with Crippen molar-refractivity contribution in [3.63, 3.8) is 0 Å². The molecule has 2 aromatic heterocycles. The van der Waals surface area contributed by atoms with Gasteiger partial charge in [0, 0.05) is 23.6 Å². The molecule has 0 aliphatic rings. The molecule has 0 aliphatic carbocycles. The first-order valence-corrected chi connectivity index (χ1v) is 5.72. The molecule has 0 amide bonds. The van der Waals surface area contributed by atoms with Crippen LogP contribution in [0.2, 0.25) is 0 Å². The van der Waals surface area contributed by atoms with Crippen molar-refractivity contribution in [2.24, 2.45) is 0 Å². The van der Waals surface area contributed by atoms with Gasteiger partial charge in [0.25, 0.3) is 0 Å². The standard InChI is InChI=1S/C15H11NO2/c17-15(9-11-6-8-18-10-11)13-5-7-16-14-4-2-1-3-12(13)14/h1-8,10H,9H2. The molecule has 0 fully saturated rings. The number of carbonyl (C=O) groups excluding carboxylic acids is 1. The van der Waals surface area contributed by atoms with Crippen LogP contribution in [-0.2, 0) is 6.42 Å². The van der Waals surface area contributed by atoms with Crippen molar-refractivity contribution in [3.05, 3.63) is 66.2 Å². The number of para-hydroxylation sites is 1. The van der Waals surface area contributed by atoms with E-state index in [1.807, 2.05) is 24.3 Å². The summed E-state index contributed by atoms with van der Waals surface area (Å²) >= 11 is 0. The van der Waals surface area contributed by atoms with E-state index < -0.39 is 0 Å². The second kappa shape index (κ2) is 4.45. The van der Waals surface area contributed by atoms with Gasteiger partial charge in [0.1, 0.15) is 0 Å². The van der Waals surface area contributed by atoms with Crippen LogP contribution in [0.5, 0.6) is 0 Å². The number of benzene rings is 1. The number of nitrogens with zero attached hydrogens (tertiary/aromatic N) is 1. The van der Waals surface area contributed by atoms with E-state index in [1.165, 1.54) is 0 Å². The van der Waals surface area contributed by atoms with Crippen LogP contribution < -0.4 is 0 Å². The highest BCUT2D eigenvalue weighted by Gasteiger charge is 2.11. The molecule has 0 saturated heterocycles. The highest BCUT2D eigenvalue weighted by Crippen LogP contribution is 2.18. The zero-order valence-electron chi connectivity index (χ0n) is 9.67. The average molecular weight is 237 g/mol. The van der Waals surface area contributed by atoms with E-state index in [0.29, 0.717) is 12.0 Å². The predicted molar refractivity (Wildman–Crippen MR) is 68.5 cm³/mol. The minimum Gasteiger partial charge on any atom is -0.472 e. The lowest BCUT2D eigenvalue weighted by molar-refractivity contribution is 0.0994. The molecule has 0 spiro atoms. The Labute approximate surface area is 104 Å². The Hall–Kier alpha value is -2.42. The van der Waals surface area contributed by atoms with Gasteiger partial charge in [-0.2, -0.15) is 0 Å². The molecule has 3 heteroatoms. The van der Waals surface area contributed by atoms with Crippen molar-refractivity contribution in [1.82, 2.24) is 4.98 Å². The number of Topliss-reactive ketones (excluding diaryl/α,β-unsaturated/α-hetero) is 1. The van der Waals surface area contributed by atoms with Gasteiger partial charge in [-0.3, -0.25) is 9.78 Å². The molecule has 18 heavy (non-hydrogen) atoms. The summed E-state index contributed by atoms with van der Waals surface area (Å²) in [7, 11) is 0. The van der Waals surface area contributed by atoms with E-state index in [1.54, 1.807) is 30.9 Å². The van der Waals surface area contributed by atoms with Gasteiger partial charge in [-0.05, 0) is 23.8 Å². The van der Waals surface area contributed by atoms with Crippen molar-refractivity contribution in [3.8, 4) is 0 Å². The average Bonchev–Trinajstić information content (AvgIpc) is 2.91. The maximum Gasteiger partial charge on any atom is 0.168 e. The zero-order valence-corrected chi connectivity index (χ0v) is 9.67. The van der Waals surface area contributed by atoms with Crippen LogP contribution in [0.4, 0.5) is 0 Å². The van der Waals surface area contributed by atoms with Gasteiger partial charge in [-0.1, -0.05) is 18.2 Å². The molecule has 0 bridgehead atoms. The topological polar surface area (TPSA) is 43.1 Å². The van der Waals surface area contributed by atoms with Crippen molar-refractivity contribution >= 4 is 16.7 Å². The molecule has 0 unspecified atom stereocenters. The Balaban J connectivity index is 2.01. The monoisotopic (exact) mass is 237 g/mol. The molecule has 2 heterocycles. The molecule has 3 aromatic rings. The molecule has 88 valence electrons. The van der Waals surface area contributed by atoms with Crippen molar-refractivity contribution in [2.45, 2.75) is 6.42 Å². The van der Waals surface area contributed by atoms with E-state index in [4.69, 9.17) is 4.42 Å². The van der Waals surface area contributed by atoms with Crippen molar-refractivity contribution in [2.75, 3.05) is 0 Å².